The number of carbonyl (C=O) groups excluding carboxylic acids is 1. The number of para-hydroxylation sites is 1. The number of ether oxygens (including phenoxy) is 1. The summed E-state index contributed by atoms with van der Waals surface area (Å²) in [6.07, 6.45) is 0. The average Bonchev–Trinajstić information content (AvgIpc) is 2.85. The Hall–Kier alpha value is -1.69. The summed E-state index contributed by atoms with van der Waals surface area (Å²) in [5, 5.41) is 6.05. The minimum absolute atomic E-state index is 0.0631. The zero-order valence-corrected chi connectivity index (χ0v) is 12.1. The first-order valence-corrected chi connectivity index (χ1v) is 7.04. The molecule has 21 heavy (non-hydrogen) atoms. The molecule has 0 aliphatic carbocycles. The molecule has 0 saturated carbocycles. The van der Waals surface area contributed by atoms with Crippen molar-refractivity contribution in [3.8, 4) is 5.75 Å². The molecule has 6 heteroatoms. The molecule has 1 aliphatic heterocycles. The van der Waals surface area contributed by atoms with E-state index in [1.54, 1.807) is 25.1 Å². The number of rotatable bonds is 5. The van der Waals surface area contributed by atoms with Crippen LogP contribution < -0.4 is 15.4 Å². The van der Waals surface area contributed by atoms with Crippen LogP contribution in [0.25, 0.3) is 0 Å². The van der Waals surface area contributed by atoms with Crippen molar-refractivity contribution in [2.45, 2.75) is 26.5 Å². The van der Waals surface area contributed by atoms with Crippen LogP contribution in [0.4, 0.5) is 8.78 Å². The largest absolute Gasteiger partial charge is 0.434 e. The number of carbonyl (C=O) groups is 1. The van der Waals surface area contributed by atoms with Gasteiger partial charge >= 0.3 is 6.61 Å². The number of benzene rings is 1. The monoisotopic (exact) mass is 298 g/mol. The molecular formula is C15H20F2N2O2. The number of halogens is 2. The predicted octanol–water partition coefficient (Wildman–Crippen LogP) is 2.32. The highest BCUT2D eigenvalue weighted by Crippen LogP contribution is 2.27. The lowest BCUT2D eigenvalue weighted by molar-refractivity contribution is -0.126. The van der Waals surface area contributed by atoms with Gasteiger partial charge < -0.3 is 15.4 Å². The van der Waals surface area contributed by atoms with Gasteiger partial charge in [0.15, 0.2) is 0 Å². The number of nitrogens with one attached hydrogen (secondary N) is 2. The zero-order chi connectivity index (χ0) is 15.4. The Morgan fingerprint density at radius 3 is 2.71 bits per heavy atom. The Morgan fingerprint density at radius 2 is 2.10 bits per heavy atom. The number of hydrogen-bond acceptors (Lipinski definition) is 3. The predicted molar refractivity (Wildman–Crippen MR) is 75.2 cm³/mol. The second kappa shape index (κ2) is 6.85. The van der Waals surface area contributed by atoms with E-state index < -0.39 is 6.61 Å². The van der Waals surface area contributed by atoms with Crippen LogP contribution in [0.15, 0.2) is 24.3 Å². The van der Waals surface area contributed by atoms with Gasteiger partial charge in [0, 0.05) is 12.1 Å². The molecule has 0 radical (unpaired) electrons. The number of hydrogen-bond donors (Lipinski definition) is 2. The van der Waals surface area contributed by atoms with Crippen LogP contribution in [0, 0.1) is 11.8 Å². The third-order valence-electron chi connectivity index (χ3n) is 3.81. The summed E-state index contributed by atoms with van der Waals surface area (Å²) in [6.45, 7) is 2.36. The highest BCUT2D eigenvalue weighted by atomic mass is 19.3. The van der Waals surface area contributed by atoms with Gasteiger partial charge in [-0.05, 0) is 25.5 Å². The molecular weight excluding hydrogens is 278 g/mol. The highest BCUT2D eigenvalue weighted by Gasteiger charge is 2.30. The van der Waals surface area contributed by atoms with Gasteiger partial charge in [-0.15, -0.1) is 0 Å². The summed E-state index contributed by atoms with van der Waals surface area (Å²) in [7, 11) is 0. The Labute approximate surface area is 122 Å². The van der Waals surface area contributed by atoms with Gasteiger partial charge in [-0.2, -0.15) is 8.78 Å². The fourth-order valence-electron chi connectivity index (χ4n) is 2.60. The van der Waals surface area contributed by atoms with Crippen LogP contribution in [0.1, 0.15) is 25.5 Å². The summed E-state index contributed by atoms with van der Waals surface area (Å²) in [5.74, 6) is 0.213. The van der Waals surface area contributed by atoms with E-state index in [2.05, 4.69) is 15.4 Å². The number of alkyl halides is 2. The lowest BCUT2D eigenvalue weighted by Crippen LogP contribution is -2.36. The van der Waals surface area contributed by atoms with E-state index in [0.717, 1.165) is 6.54 Å². The lowest BCUT2D eigenvalue weighted by Gasteiger charge is -2.21. The highest BCUT2D eigenvalue weighted by molar-refractivity contribution is 5.80. The molecule has 116 valence electrons. The molecule has 1 aromatic carbocycles. The molecule has 1 heterocycles. The van der Waals surface area contributed by atoms with Crippen molar-refractivity contribution in [2.24, 2.45) is 11.8 Å². The summed E-state index contributed by atoms with van der Waals surface area (Å²) in [5.41, 5.74) is 0.546. The van der Waals surface area contributed by atoms with Crippen molar-refractivity contribution in [2.75, 3.05) is 13.1 Å². The summed E-state index contributed by atoms with van der Waals surface area (Å²) in [6, 6.07) is 6.12. The fraction of sp³-hybridized carbons (Fsp3) is 0.533. The van der Waals surface area contributed by atoms with Gasteiger partial charge in [0.05, 0.1) is 12.0 Å². The van der Waals surface area contributed by atoms with Gasteiger partial charge in [-0.1, -0.05) is 25.1 Å². The van der Waals surface area contributed by atoms with Crippen molar-refractivity contribution in [3.63, 3.8) is 0 Å². The average molecular weight is 298 g/mol. The first-order chi connectivity index (χ1) is 9.99. The normalized spacial score (nSPS) is 23.1. The minimum Gasteiger partial charge on any atom is -0.434 e. The van der Waals surface area contributed by atoms with Crippen molar-refractivity contribution in [3.05, 3.63) is 29.8 Å². The van der Waals surface area contributed by atoms with E-state index in [4.69, 9.17) is 0 Å². The molecule has 1 saturated heterocycles. The van der Waals surface area contributed by atoms with E-state index in [9.17, 15) is 13.6 Å². The Balaban J connectivity index is 2.06. The molecule has 0 spiro atoms. The van der Waals surface area contributed by atoms with E-state index in [0.29, 0.717) is 12.1 Å². The Morgan fingerprint density at radius 1 is 1.38 bits per heavy atom. The van der Waals surface area contributed by atoms with Crippen LogP contribution in [0.3, 0.4) is 0 Å². The third-order valence-corrected chi connectivity index (χ3v) is 3.81. The standard InChI is InChI=1S/C15H20F2N2O2/c1-9-7-18-8-12(9)14(20)19-10(2)11-5-3-4-6-13(11)21-15(16)17/h3-6,9-10,12,15,18H,7-8H2,1-2H3,(H,19,20)/t9-,10?,12-/m1/s1. The summed E-state index contributed by atoms with van der Waals surface area (Å²) in [4.78, 5) is 12.2. The van der Waals surface area contributed by atoms with Gasteiger partial charge in [0.2, 0.25) is 5.91 Å². The number of amides is 1. The van der Waals surface area contributed by atoms with Crippen LogP contribution in [-0.4, -0.2) is 25.6 Å². The molecule has 2 rings (SSSR count). The van der Waals surface area contributed by atoms with Crippen molar-refractivity contribution >= 4 is 5.91 Å². The smallest absolute Gasteiger partial charge is 0.387 e. The molecule has 0 bridgehead atoms. The molecule has 0 aromatic heterocycles. The van der Waals surface area contributed by atoms with E-state index >= 15 is 0 Å². The topological polar surface area (TPSA) is 50.4 Å². The first kappa shape index (κ1) is 15.7. The summed E-state index contributed by atoms with van der Waals surface area (Å²) >= 11 is 0. The Kier molecular flexibility index (Phi) is 5.12. The van der Waals surface area contributed by atoms with Gasteiger partial charge in [-0.3, -0.25) is 4.79 Å². The van der Waals surface area contributed by atoms with Gasteiger partial charge in [0.1, 0.15) is 5.75 Å². The molecule has 1 unspecified atom stereocenters. The van der Waals surface area contributed by atoms with E-state index in [1.807, 2.05) is 6.92 Å². The fourth-order valence-corrected chi connectivity index (χ4v) is 2.60. The maximum absolute atomic E-state index is 12.4. The van der Waals surface area contributed by atoms with E-state index in [-0.39, 0.29) is 29.5 Å². The van der Waals surface area contributed by atoms with Crippen LogP contribution in [0.2, 0.25) is 0 Å². The first-order valence-electron chi connectivity index (χ1n) is 7.04. The maximum atomic E-state index is 12.4. The van der Waals surface area contributed by atoms with Crippen molar-refractivity contribution in [1.29, 1.82) is 0 Å². The second-order valence-corrected chi connectivity index (χ2v) is 5.39. The summed E-state index contributed by atoms with van der Waals surface area (Å²) < 4.78 is 29.3. The lowest BCUT2D eigenvalue weighted by atomic mass is 9.96. The molecule has 1 aliphatic rings. The quantitative estimate of drug-likeness (QED) is 0.877. The molecule has 2 N–H and O–H groups in total. The third kappa shape index (κ3) is 3.91. The van der Waals surface area contributed by atoms with Crippen LogP contribution in [-0.2, 0) is 4.79 Å². The molecule has 1 amide bonds. The minimum atomic E-state index is -2.88. The van der Waals surface area contributed by atoms with Crippen LogP contribution >= 0.6 is 0 Å². The van der Waals surface area contributed by atoms with Gasteiger partial charge in [0.25, 0.3) is 0 Å². The Bertz CT molecular complexity index is 496. The second-order valence-electron chi connectivity index (χ2n) is 5.39. The molecule has 1 aromatic rings. The molecule has 1 fully saturated rings. The van der Waals surface area contributed by atoms with Crippen molar-refractivity contribution < 1.29 is 18.3 Å². The zero-order valence-electron chi connectivity index (χ0n) is 12.1. The van der Waals surface area contributed by atoms with Crippen LogP contribution in [0.5, 0.6) is 5.75 Å². The maximum Gasteiger partial charge on any atom is 0.387 e. The molecule has 4 nitrogen and oxygen atoms in total. The van der Waals surface area contributed by atoms with Gasteiger partial charge in [-0.25, -0.2) is 0 Å². The molecule has 3 atom stereocenters. The SMILES string of the molecule is CC(NC(=O)[C@@H]1CNC[C@H]1C)c1ccccc1OC(F)F. The van der Waals surface area contributed by atoms with E-state index in [1.165, 1.54) is 6.07 Å². The van der Waals surface area contributed by atoms with Crippen molar-refractivity contribution in [1.82, 2.24) is 10.6 Å².